The van der Waals surface area contributed by atoms with E-state index in [1.165, 1.54) is 11.1 Å². The van der Waals surface area contributed by atoms with Gasteiger partial charge in [0.25, 0.3) is 0 Å². The lowest BCUT2D eigenvalue weighted by Crippen LogP contribution is -2.23. The molecule has 0 fully saturated rings. The Morgan fingerprint density at radius 1 is 1.25 bits per heavy atom. The molecule has 0 saturated carbocycles. The molecule has 0 aliphatic heterocycles. The van der Waals surface area contributed by atoms with Crippen molar-refractivity contribution in [3.8, 4) is 5.75 Å². The van der Waals surface area contributed by atoms with Gasteiger partial charge in [0, 0.05) is 18.2 Å². The predicted octanol–water partition coefficient (Wildman–Crippen LogP) is 2.83. The molecular weight excluding hydrogens is 248 g/mol. The fourth-order valence-corrected chi connectivity index (χ4v) is 2.72. The van der Waals surface area contributed by atoms with E-state index in [2.05, 4.69) is 34.6 Å². The highest BCUT2D eigenvalue weighted by Crippen LogP contribution is 2.35. The topological polar surface area (TPSA) is 34.2 Å². The average Bonchev–Trinajstić information content (AvgIpc) is 2.42. The molecule has 0 saturated heterocycles. The zero-order valence-electron chi connectivity index (χ0n) is 12.0. The number of ether oxygens (including phenoxy) is 1. The number of rotatable bonds is 5. The molecule has 104 valence electrons. The Kier molecular flexibility index (Phi) is 3.70. The molecule has 1 heterocycles. The second-order valence-electron chi connectivity index (χ2n) is 5.34. The average molecular weight is 268 g/mol. The van der Waals surface area contributed by atoms with Crippen LogP contribution >= 0.6 is 0 Å². The van der Waals surface area contributed by atoms with Crippen molar-refractivity contribution in [3.05, 3.63) is 58.9 Å². The molecule has 1 aliphatic carbocycles. The number of fused-ring (bicyclic) bond motifs is 1. The van der Waals surface area contributed by atoms with E-state index >= 15 is 0 Å². The van der Waals surface area contributed by atoms with Crippen molar-refractivity contribution in [1.29, 1.82) is 0 Å². The van der Waals surface area contributed by atoms with Crippen molar-refractivity contribution >= 4 is 0 Å². The molecule has 20 heavy (non-hydrogen) atoms. The van der Waals surface area contributed by atoms with Crippen molar-refractivity contribution in [3.63, 3.8) is 0 Å². The van der Waals surface area contributed by atoms with Gasteiger partial charge in [0.2, 0.25) is 0 Å². The molecule has 1 N–H and O–H groups in total. The molecule has 0 radical (unpaired) electrons. The van der Waals surface area contributed by atoms with Gasteiger partial charge in [-0.2, -0.15) is 0 Å². The molecule has 1 aromatic heterocycles. The third-order valence-electron chi connectivity index (χ3n) is 3.82. The summed E-state index contributed by atoms with van der Waals surface area (Å²) < 4.78 is 6.00. The summed E-state index contributed by atoms with van der Waals surface area (Å²) in [5, 5.41) is 3.14. The van der Waals surface area contributed by atoms with Gasteiger partial charge >= 0.3 is 0 Å². The fraction of sp³-hybridized carbons (Fsp3) is 0.353. The number of pyridine rings is 1. The van der Waals surface area contributed by atoms with Crippen LogP contribution in [0.25, 0.3) is 0 Å². The molecule has 0 spiro atoms. The van der Waals surface area contributed by atoms with E-state index in [4.69, 9.17) is 4.74 Å². The van der Waals surface area contributed by atoms with E-state index in [0.717, 1.165) is 36.7 Å². The summed E-state index contributed by atoms with van der Waals surface area (Å²) in [6.45, 7) is 3.47. The minimum atomic E-state index is 0.523. The van der Waals surface area contributed by atoms with E-state index in [0.29, 0.717) is 5.92 Å². The third-order valence-corrected chi connectivity index (χ3v) is 3.82. The normalized spacial score (nSPS) is 16.4. The number of nitrogens with zero attached hydrogens (tertiary/aromatic N) is 1. The highest BCUT2D eigenvalue weighted by atomic mass is 16.5. The van der Waals surface area contributed by atoms with Crippen molar-refractivity contribution in [2.45, 2.75) is 25.8 Å². The van der Waals surface area contributed by atoms with Crippen LogP contribution in [0.15, 0.2) is 36.4 Å². The summed E-state index contributed by atoms with van der Waals surface area (Å²) in [4.78, 5) is 4.54. The maximum absolute atomic E-state index is 6.00. The van der Waals surface area contributed by atoms with Gasteiger partial charge in [-0.15, -0.1) is 0 Å². The number of nitrogens with one attached hydrogen (secondary N) is 1. The molecule has 1 aliphatic rings. The second kappa shape index (κ2) is 5.63. The predicted molar refractivity (Wildman–Crippen MR) is 80.1 cm³/mol. The van der Waals surface area contributed by atoms with E-state index in [-0.39, 0.29) is 0 Å². The van der Waals surface area contributed by atoms with Gasteiger partial charge in [-0.25, -0.2) is 0 Å². The third kappa shape index (κ3) is 2.54. The molecule has 2 aromatic rings. The van der Waals surface area contributed by atoms with Crippen molar-refractivity contribution in [2.75, 3.05) is 13.7 Å². The Hall–Kier alpha value is -1.87. The fourth-order valence-electron chi connectivity index (χ4n) is 2.72. The molecule has 3 nitrogen and oxygen atoms in total. The van der Waals surface area contributed by atoms with Crippen LogP contribution in [0.3, 0.4) is 0 Å². The Bertz CT molecular complexity index is 610. The first-order chi connectivity index (χ1) is 9.78. The number of hydrogen-bond acceptors (Lipinski definition) is 3. The Morgan fingerprint density at radius 2 is 2.10 bits per heavy atom. The summed E-state index contributed by atoms with van der Waals surface area (Å²) >= 11 is 0. The van der Waals surface area contributed by atoms with Crippen LogP contribution in [-0.4, -0.2) is 18.6 Å². The SMILES string of the molecule is CNCc1nc(C)ccc1OCC1Cc2ccccc21. The smallest absolute Gasteiger partial charge is 0.142 e. The van der Waals surface area contributed by atoms with Crippen LogP contribution in [0.4, 0.5) is 0 Å². The first-order valence-electron chi connectivity index (χ1n) is 7.09. The molecule has 0 bridgehead atoms. The van der Waals surface area contributed by atoms with E-state index in [9.17, 15) is 0 Å². The van der Waals surface area contributed by atoms with Gasteiger partial charge < -0.3 is 10.1 Å². The standard InChI is InChI=1S/C17H20N2O/c1-12-7-8-17(16(19-12)10-18-2)20-11-14-9-13-5-3-4-6-15(13)14/h3-8,14,18H,9-11H2,1-2H3. The lowest BCUT2D eigenvalue weighted by Gasteiger charge is -2.30. The van der Waals surface area contributed by atoms with Crippen molar-refractivity contribution in [2.24, 2.45) is 0 Å². The largest absolute Gasteiger partial charge is 0.491 e. The minimum Gasteiger partial charge on any atom is -0.491 e. The summed E-state index contributed by atoms with van der Waals surface area (Å²) in [5.74, 6) is 1.42. The van der Waals surface area contributed by atoms with Gasteiger partial charge in [-0.3, -0.25) is 4.98 Å². The lowest BCUT2D eigenvalue weighted by atomic mass is 9.78. The lowest BCUT2D eigenvalue weighted by molar-refractivity contribution is 0.271. The first kappa shape index (κ1) is 13.1. The zero-order valence-corrected chi connectivity index (χ0v) is 12.0. The maximum atomic E-state index is 6.00. The Balaban J connectivity index is 1.68. The quantitative estimate of drug-likeness (QED) is 0.905. The summed E-state index contributed by atoms with van der Waals surface area (Å²) in [5.41, 5.74) is 4.90. The number of benzene rings is 1. The Morgan fingerprint density at radius 3 is 2.90 bits per heavy atom. The van der Waals surface area contributed by atoms with Crippen LogP contribution < -0.4 is 10.1 Å². The van der Waals surface area contributed by atoms with Gasteiger partial charge in [0.05, 0.1) is 12.3 Å². The molecule has 3 rings (SSSR count). The van der Waals surface area contributed by atoms with Crippen LogP contribution in [0.5, 0.6) is 5.75 Å². The first-order valence-corrected chi connectivity index (χ1v) is 7.09. The Labute approximate surface area is 120 Å². The molecule has 0 amide bonds. The highest BCUT2D eigenvalue weighted by Gasteiger charge is 2.26. The molecule has 1 atom stereocenters. The summed E-state index contributed by atoms with van der Waals surface area (Å²) in [6.07, 6.45) is 1.12. The molecule has 1 unspecified atom stereocenters. The zero-order chi connectivity index (χ0) is 13.9. The van der Waals surface area contributed by atoms with Crippen LogP contribution in [0.2, 0.25) is 0 Å². The highest BCUT2D eigenvalue weighted by molar-refractivity contribution is 5.40. The maximum Gasteiger partial charge on any atom is 0.142 e. The van der Waals surface area contributed by atoms with Gasteiger partial charge in [-0.1, -0.05) is 24.3 Å². The molecular formula is C17H20N2O. The monoisotopic (exact) mass is 268 g/mol. The summed E-state index contributed by atoms with van der Waals surface area (Å²) in [6, 6.07) is 12.6. The second-order valence-corrected chi connectivity index (χ2v) is 5.34. The number of hydrogen-bond donors (Lipinski definition) is 1. The van der Waals surface area contributed by atoms with E-state index < -0.39 is 0 Å². The molecule has 3 heteroatoms. The number of aryl methyl sites for hydroxylation is 1. The van der Waals surface area contributed by atoms with Crippen molar-refractivity contribution < 1.29 is 4.74 Å². The van der Waals surface area contributed by atoms with Gasteiger partial charge in [-0.05, 0) is 43.7 Å². The summed E-state index contributed by atoms with van der Waals surface area (Å²) in [7, 11) is 1.93. The van der Waals surface area contributed by atoms with Gasteiger partial charge in [0.15, 0.2) is 0 Å². The van der Waals surface area contributed by atoms with Crippen LogP contribution in [-0.2, 0) is 13.0 Å². The van der Waals surface area contributed by atoms with Crippen LogP contribution in [0, 0.1) is 6.92 Å². The van der Waals surface area contributed by atoms with E-state index in [1.54, 1.807) is 0 Å². The van der Waals surface area contributed by atoms with Gasteiger partial charge in [0.1, 0.15) is 5.75 Å². The molecule has 1 aromatic carbocycles. The van der Waals surface area contributed by atoms with Crippen LogP contribution in [0.1, 0.15) is 28.4 Å². The van der Waals surface area contributed by atoms with E-state index in [1.807, 2.05) is 26.1 Å². The minimum absolute atomic E-state index is 0.523. The van der Waals surface area contributed by atoms with Crippen molar-refractivity contribution in [1.82, 2.24) is 10.3 Å². The number of aromatic nitrogens is 1.